The van der Waals surface area contributed by atoms with Crippen LogP contribution in [-0.4, -0.2) is 22.6 Å². The summed E-state index contributed by atoms with van der Waals surface area (Å²) in [6, 6.07) is 6.36. The van der Waals surface area contributed by atoms with Crippen molar-refractivity contribution >= 4 is 17.7 Å². The molecule has 0 saturated heterocycles. The van der Waals surface area contributed by atoms with Gasteiger partial charge < -0.3 is 15.7 Å². The third-order valence-electron chi connectivity index (χ3n) is 2.33. The number of urea groups is 1. The zero-order valence-electron chi connectivity index (χ0n) is 10.9. The molecule has 1 rings (SSSR count). The number of terminal acetylenes is 1. The third kappa shape index (κ3) is 5.13. The Labute approximate surface area is 112 Å². The number of aliphatic carboxylic acids is 1. The first-order valence-electron chi connectivity index (χ1n) is 5.70. The van der Waals surface area contributed by atoms with Gasteiger partial charge in [0.15, 0.2) is 0 Å². The van der Waals surface area contributed by atoms with E-state index in [1.165, 1.54) is 0 Å². The highest BCUT2D eigenvalue weighted by Gasteiger charge is 2.23. The highest BCUT2D eigenvalue weighted by Crippen LogP contribution is 2.12. The number of carbonyl (C=O) groups is 2. The summed E-state index contributed by atoms with van der Waals surface area (Å²) in [6.07, 6.45) is 5.10. The van der Waals surface area contributed by atoms with E-state index in [1.807, 2.05) is 0 Å². The van der Waals surface area contributed by atoms with Crippen LogP contribution in [-0.2, 0) is 4.79 Å². The molecule has 0 bridgehead atoms. The van der Waals surface area contributed by atoms with Gasteiger partial charge in [0.25, 0.3) is 0 Å². The molecule has 0 radical (unpaired) electrons. The summed E-state index contributed by atoms with van der Waals surface area (Å²) in [6.45, 7) is 3.27. The first-order valence-corrected chi connectivity index (χ1v) is 5.70. The number of amides is 2. The van der Waals surface area contributed by atoms with E-state index >= 15 is 0 Å². The molecule has 0 heterocycles. The number of hydrogen-bond acceptors (Lipinski definition) is 2. The van der Waals surface area contributed by atoms with Crippen molar-refractivity contribution in [2.45, 2.75) is 25.8 Å². The lowest BCUT2D eigenvalue weighted by Gasteiger charge is -2.24. The fourth-order valence-corrected chi connectivity index (χ4v) is 1.58. The largest absolute Gasteiger partial charge is 0.481 e. The quantitative estimate of drug-likeness (QED) is 0.725. The Hall–Kier alpha value is -2.48. The monoisotopic (exact) mass is 260 g/mol. The summed E-state index contributed by atoms with van der Waals surface area (Å²) in [5, 5.41) is 13.9. The van der Waals surface area contributed by atoms with Crippen LogP contribution in [0.25, 0.3) is 0 Å². The van der Waals surface area contributed by atoms with E-state index in [0.717, 1.165) is 0 Å². The maximum absolute atomic E-state index is 11.7. The van der Waals surface area contributed by atoms with Crippen molar-refractivity contribution in [2.75, 3.05) is 5.32 Å². The average molecular weight is 260 g/mol. The second-order valence-corrected chi connectivity index (χ2v) is 4.76. The van der Waals surface area contributed by atoms with Crippen LogP contribution < -0.4 is 10.6 Å². The molecule has 0 unspecified atom stereocenters. The lowest BCUT2D eigenvalue weighted by molar-refractivity contribution is -0.138. The Morgan fingerprint density at radius 3 is 2.68 bits per heavy atom. The Morgan fingerprint density at radius 2 is 2.11 bits per heavy atom. The number of anilines is 1. The van der Waals surface area contributed by atoms with Gasteiger partial charge in [0.1, 0.15) is 0 Å². The number of nitrogens with one attached hydrogen (secondary N) is 2. The Morgan fingerprint density at radius 1 is 1.42 bits per heavy atom. The highest BCUT2D eigenvalue weighted by molar-refractivity contribution is 5.90. The minimum atomic E-state index is -0.973. The lowest BCUT2D eigenvalue weighted by atomic mass is 10.0. The van der Waals surface area contributed by atoms with Crippen LogP contribution in [0, 0.1) is 12.3 Å². The van der Waals surface area contributed by atoms with E-state index in [-0.39, 0.29) is 6.42 Å². The number of hydrogen-bond donors (Lipinski definition) is 3. The average Bonchev–Trinajstić information content (AvgIpc) is 2.26. The molecule has 0 fully saturated rings. The molecule has 0 spiro atoms. The van der Waals surface area contributed by atoms with Crippen molar-refractivity contribution in [3.63, 3.8) is 0 Å². The van der Waals surface area contributed by atoms with Gasteiger partial charge in [-0.15, -0.1) is 6.42 Å². The molecule has 5 heteroatoms. The van der Waals surface area contributed by atoms with Gasteiger partial charge in [0.05, 0.1) is 6.42 Å². The number of carboxylic acids is 1. The van der Waals surface area contributed by atoms with Crippen LogP contribution in [0.3, 0.4) is 0 Å². The number of carboxylic acid groups (broad SMARTS) is 1. The predicted molar refractivity (Wildman–Crippen MR) is 72.9 cm³/mol. The van der Waals surface area contributed by atoms with Crippen molar-refractivity contribution in [1.82, 2.24) is 5.32 Å². The molecule has 0 saturated carbocycles. The van der Waals surface area contributed by atoms with Gasteiger partial charge in [-0.2, -0.15) is 0 Å². The first-order chi connectivity index (χ1) is 8.82. The molecule has 3 N–H and O–H groups in total. The normalized spacial score (nSPS) is 10.4. The van der Waals surface area contributed by atoms with E-state index in [1.54, 1.807) is 38.1 Å². The molecular formula is C14H16N2O3. The van der Waals surface area contributed by atoms with Crippen LogP contribution in [0.5, 0.6) is 0 Å². The fourth-order valence-electron chi connectivity index (χ4n) is 1.58. The van der Waals surface area contributed by atoms with E-state index in [2.05, 4.69) is 16.6 Å². The zero-order chi connectivity index (χ0) is 14.5. The van der Waals surface area contributed by atoms with Crippen molar-refractivity contribution < 1.29 is 14.7 Å². The molecule has 19 heavy (non-hydrogen) atoms. The Balaban J connectivity index is 2.65. The lowest BCUT2D eigenvalue weighted by Crippen LogP contribution is -2.46. The van der Waals surface area contributed by atoms with E-state index in [0.29, 0.717) is 11.3 Å². The molecule has 5 nitrogen and oxygen atoms in total. The second kappa shape index (κ2) is 5.91. The second-order valence-electron chi connectivity index (χ2n) is 4.76. The van der Waals surface area contributed by atoms with Crippen molar-refractivity contribution in [3.05, 3.63) is 29.8 Å². The summed E-state index contributed by atoms with van der Waals surface area (Å²) in [4.78, 5) is 22.4. The van der Waals surface area contributed by atoms with Crippen LogP contribution >= 0.6 is 0 Å². The van der Waals surface area contributed by atoms with E-state index in [9.17, 15) is 9.59 Å². The maximum atomic E-state index is 11.7. The van der Waals surface area contributed by atoms with Gasteiger partial charge in [-0.05, 0) is 32.0 Å². The van der Waals surface area contributed by atoms with Gasteiger partial charge in [-0.25, -0.2) is 4.79 Å². The molecule has 0 aliphatic rings. The summed E-state index contributed by atoms with van der Waals surface area (Å²) >= 11 is 0. The molecular weight excluding hydrogens is 244 g/mol. The number of benzene rings is 1. The fraction of sp³-hybridized carbons (Fsp3) is 0.286. The Kier molecular flexibility index (Phi) is 4.54. The topological polar surface area (TPSA) is 78.4 Å². The standard InChI is InChI=1S/C14H16N2O3/c1-4-10-6-5-7-11(8-10)15-13(19)16-14(2,3)9-12(17)18/h1,5-8H,9H2,2-3H3,(H,17,18)(H2,15,16,19). The van der Waals surface area contributed by atoms with Crippen LogP contribution in [0.1, 0.15) is 25.8 Å². The van der Waals surface area contributed by atoms with E-state index in [4.69, 9.17) is 11.5 Å². The molecule has 0 aliphatic heterocycles. The predicted octanol–water partition coefficient (Wildman–Crippen LogP) is 2.04. The third-order valence-corrected chi connectivity index (χ3v) is 2.33. The van der Waals surface area contributed by atoms with Crippen LogP contribution in [0.4, 0.5) is 10.5 Å². The molecule has 0 atom stereocenters. The molecule has 2 amide bonds. The van der Waals surface area contributed by atoms with Crippen molar-refractivity contribution in [1.29, 1.82) is 0 Å². The van der Waals surface area contributed by atoms with E-state index < -0.39 is 17.5 Å². The van der Waals surface area contributed by atoms with Crippen molar-refractivity contribution in [3.8, 4) is 12.3 Å². The van der Waals surface area contributed by atoms with Crippen LogP contribution in [0.2, 0.25) is 0 Å². The summed E-state index contributed by atoms with van der Waals surface area (Å²) in [7, 11) is 0. The smallest absolute Gasteiger partial charge is 0.319 e. The van der Waals surface area contributed by atoms with Gasteiger partial charge in [-0.1, -0.05) is 12.0 Å². The highest BCUT2D eigenvalue weighted by atomic mass is 16.4. The minimum absolute atomic E-state index is 0.162. The van der Waals surface area contributed by atoms with Gasteiger partial charge >= 0.3 is 12.0 Å². The maximum Gasteiger partial charge on any atom is 0.319 e. The Bertz CT molecular complexity index is 530. The summed E-state index contributed by atoms with van der Waals surface area (Å²) in [5.74, 6) is 1.49. The summed E-state index contributed by atoms with van der Waals surface area (Å²) in [5.41, 5.74) is 0.376. The molecule has 1 aromatic carbocycles. The number of carbonyl (C=O) groups excluding carboxylic acids is 1. The first kappa shape index (κ1) is 14.6. The van der Waals surface area contributed by atoms with Gasteiger partial charge in [0.2, 0.25) is 0 Å². The molecule has 0 aromatic heterocycles. The van der Waals surface area contributed by atoms with Crippen LogP contribution in [0.15, 0.2) is 24.3 Å². The molecule has 1 aromatic rings. The van der Waals surface area contributed by atoms with Gasteiger partial charge in [0, 0.05) is 16.8 Å². The number of rotatable bonds is 4. The summed E-state index contributed by atoms with van der Waals surface area (Å²) < 4.78 is 0. The van der Waals surface area contributed by atoms with Gasteiger partial charge in [-0.3, -0.25) is 4.79 Å². The molecule has 0 aliphatic carbocycles. The molecule has 100 valence electrons. The van der Waals surface area contributed by atoms with Crippen molar-refractivity contribution in [2.24, 2.45) is 0 Å². The SMILES string of the molecule is C#Cc1cccc(NC(=O)NC(C)(C)CC(=O)O)c1. The zero-order valence-corrected chi connectivity index (χ0v) is 10.9. The minimum Gasteiger partial charge on any atom is -0.481 e.